The van der Waals surface area contributed by atoms with E-state index in [1.165, 1.54) is 66.1 Å². The highest BCUT2D eigenvalue weighted by atomic mass is 15.1. The molecule has 10 rings (SSSR count). The second-order valence-electron chi connectivity index (χ2n) is 14.5. The predicted molar refractivity (Wildman–Crippen MR) is 243 cm³/mol. The first-order chi connectivity index (χ1) is 28.3. The Morgan fingerprint density at radius 1 is 0.211 bits per heavy atom. The quantitative estimate of drug-likeness (QED) is 0.141. The molecule has 0 aliphatic heterocycles. The highest BCUT2D eigenvalue weighted by Crippen LogP contribution is 2.51. The average Bonchev–Trinajstić information content (AvgIpc) is 3.30. The third-order valence-electron chi connectivity index (χ3n) is 11.0. The molecule has 10 aromatic rings. The van der Waals surface area contributed by atoms with Gasteiger partial charge in [0.2, 0.25) is 0 Å². The van der Waals surface area contributed by atoms with Crippen molar-refractivity contribution in [3.8, 4) is 55.6 Å². The summed E-state index contributed by atoms with van der Waals surface area (Å²) in [6, 6.07) is 85.8. The SMILES string of the molecule is c1ccc(-c2ccc(N(c3cc(-c4ccccc4)cc(-c4ccccc4)c3)c3c(-c4cccc(-c5ccccc5)c4)c4ccccc4c4ccccc34)cc2)cc1. The molecule has 0 atom stereocenters. The maximum absolute atomic E-state index is 2.51. The lowest BCUT2D eigenvalue weighted by atomic mass is 9.88. The first-order valence-electron chi connectivity index (χ1n) is 19.6. The van der Waals surface area contributed by atoms with E-state index < -0.39 is 0 Å². The molecule has 0 radical (unpaired) electrons. The monoisotopic (exact) mass is 725 g/mol. The van der Waals surface area contributed by atoms with Gasteiger partial charge in [0.25, 0.3) is 0 Å². The molecule has 0 aliphatic carbocycles. The van der Waals surface area contributed by atoms with Crippen LogP contribution in [0.15, 0.2) is 237 Å². The minimum absolute atomic E-state index is 1.08. The highest BCUT2D eigenvalue weighted by Gasteiger charge is 2.25. The third-order valence-corrected chi connectivity index (χ3v) is 11.0. The molecule has 0 fully saturated rings. The zero-order valence-corrected chi connectivity index (χ0v) is 31.5. The van der Waals surface area contributed by atoms with Crippen LogP contribution in [0.1, 0.15) is 0 Å². The third kappa shape index (κ3) is 6.56. The molecule has 0 saturated carbocycles. The van der Waals surface area contributed by atoms with E-state index in [4.69, 9.17) is 0 Å². The van der Waals surface area contributed by atoms with Gasteiger partial charge < -0.3 is 4.90 Å². The van der Waals surface area contributed by atoms with Crippen LogP contribution in [0.4, 0.5) is 17.1 Å². The molecule has 0 spiro atoms. The van der Waals surface area contributed by atoms with E-state index in [0.29, 0.717) is 0 Å². The number of nitrogens with zero attached hydrogens (tertiary/aromatic N) is 1. The van der Waals surface area contributed by atoms with Crippen molar-refractivity contribution in [2.75, 3.05) is 4.90 Å². The van der Waals surface area contributed by atoms with E-state index in [1.807, 2.05) is 0 Å². The van der Waals surface area contributed by atoms with Crippen LogP contribution in [0.2, 0.25) is 0 Å². The van der Waals surface area contributed by atoms with Crippen LogP contribution in [-0.2, 0) is 0 Å². The summed E-state index contributed by atoms with van der Waals surface area (Å²) in [6.07, 6.45) is 0. The Morgan fingerprint density at radius 2 is 0.579 bits per heavy atom. The zero-order valence-electron chi connectivity index (χ0n) is 31.5. The topological polar surface area (TPSA) is 3.24 Å². The largest absolute Gasteiger partial charge is 0.309 e. The van der Waals surface area contributed by atoms with E-state index >= 15 is 0 Å². The van der Waals surface area contributed by atoms with Crippen LogP contribution in [0.25, 0.3) is 77.2 Å². The molecular weight excluding hydrogens is 687 g/mol. The van der Waals surface area contributed by atoms with E-state index in [9.17, 15) is 0 Å². The predicted octanol–water partition coefficient (Wildman–Crippen LogP) is 15.8. The van der Waals surface area contributed by atoms with Gasteiger partial charge in [-0.05, 0) is 103 Å². The Kier molecular flexibility index (Phi) is 8.95. The molecule has 268 valence electrons. The molecule has 0 amide bonds. The van der Waals surface area contributed by atoms with Crippen LogP contribution in [0.5, 0.6) is 0 Å². The second kappa shape index (κ2) is 15.0. The van der Waals surface area contributed by atoms with E-state index in [-0.39, 0.29) is 0 Å². The van der Waals surface area contributed by atoms with E-state index in [0.717, 1.165) is 28.2 Å². The van der Waals surface area contributed by atoms with Gasteiger partial charge >= 0.3 is 0 Å². The minimum Gasteiger partial charge on any atom is -0.309 e. The maximum Gasteiger partial charge on any atom is 0.0624 e. The van der Waals surface area contributed by atoms with Crippen molar-refractivity contribution in [3.05, 3.63) is 237 Å². The molecule has 0 N–H and O–H groups in total. The van der Waals surface area contributed by atoms with Crippen LogP contribution in [0.3, 0.4) is 0 Å². The lowest BCUT2D eigenvalue weighted by Crippen LogP contribution is -2.13. The Morgan fingerprint density at radius 3 is 1.12 bits per heavy atom. The summed E-state index contributed by atoms with van der Waals surface area (Å²) in [7, 11) is 0. The Hall–Kier alpha value is -7.48. The van der Waals surface area contributed by atoms with Gasteiger partial charge in [0.05, 0.1) is 5.69 Å². The Labute approximate surface area is 334 Å². The molecule has 0 unspecified atom stereocenters. The average molecular weight is 726 g/mol. The van der Waals surface area contributed by atoms with Crippen molar-refractivity contribution in [2.45, 2.75) is 0 Å². The molecule has 1 heteroatoms. The number of benzene rings is 10. The number of hydrogen-bond donors (Lipinski definition) is 0. The fourth-order valence-corrected chi connectivity index (χ4v) is 8.31. The summed E-state index contributed by atoms with van der Waals surface area (Å²) >= 11 is 0. The molecule has 1 nitrogen and oxygen atoms in total. The fourth-order valence-electron chi connectivity index (χ4n) is 8.31. The molecule has 57 heavy (non-hydrogen) atoms. The lowest BCUT2D eigenvalue weighted by Gasteiger charge is -2.31. The van der Waals surface area contributed by atoms with Crippen molar-refractivity contribution in [2.24, 2.45) is 0 Å². The van der Waals surface area contributed by atoms with Crippen LogP contribution < -0.4 is 4.90 Å². The molecule has 10 aromatic carbocycles. The summed E-state index contributed by atoms with van der Waals surface area (Å²) < 4.78 is 0. The van der Waals surface area contributed by atoms with Gasteiger partial charge in [-0.25, -0.2) is 0 Å². The summed E-state index contributed by atoms with van der Waals surface area (Å²) in [5.74, 6) is 0. The van der Waals surface area contributed by atoms with Crippen LogP contribution in [-0.4, -0.2) is 0 Å². The first kappa shape index (κ1) is 34.0. The molecule has 0 bridgehead atoms. The minimum atomic E-state index is 1.08. The number of hydrogen-bond acceptors (Lipinski definition) is 1. The summed E-state index contributed by atoms with van der Waals surface area (Å²) in [5, 5.41) is 4.86. The van der Waals surface area contributed by atoms with Gasteiger partial charge in [-0.15, -0.1) is 0 Å². The normalized spacial score (nSPS) is 11.2. The molecule has 0 saturated heterocycles. The zero-order chi connectivity index (χ0) is 38.0. The van der Waals surface area contributed by atoms with Gasteiger partial charge in [0, 0.05) is 22.3 Å². The van der Waals surface area contributed by atoms with Gasteiger partial charge in [-0.2, -0.15) is 0 Å². The number of rotatable bonds is 8. The number of anilines is 3. The van der Waals surface area contributed by atoms with E-state index in [1.54, 1.807) is 0 Å². The lowest BCUT2D eigenvalue weighted by molar-refractivity contribution is 1.30. The first-order valence-corrected chi connectivity index (χ1v) is 19.6. The molecule has 0 heterocycles. The summed E-state index contributed by atoms with van der Waals surface area (Å²) in [4.78, 5) is 2.51. The Bertz CT molecular complexity index is 2910. The van der Waals surface area contributed by atoms with E-state index in [2.05, 4.69) is 241 Å². The number of fused-ring (bicyclic) bond motifs is 3. The van der Waals surface area contributed by atoms with Gasteiger partial charge in [0.15, 0.2) is 0 Å². The van der Waals surface area contributed by atoms with Gasteiger partial charge in [0.1, 0.15) is 0 Å². The Balaban J connectivity index is 1.32. The molecule has 0 aromatic heterocycles. The van der Waals surface area contributed by atoms with Crippen molar-refractivity contribution in [3.63, 3.8) is 0 Å². The van der Waals surface area contributed by atoms with Crippen LogP contribution >= 0.6 is 0 Å². The van der Waals surface area contributed by atoms with Gasteiger partial charge in [-0.1, -0.05) is 200 Å². The molecular formula is C56H39N. The van der Waals surface area contributed by atoms with Gasteiger partial charge in [-0.3, -0.25) is 0 Å². The molecule has 0 aliphatic rings. The second-order valence-corrected chi connectivity index (χ2v) is 14.5. The van der Waals surface area contributed by atoms with Crippen molar-refractivity contribution >= 4 is 38.6 Å². The van der Waals surface area contributed by atoms with Crippen LogP contribution in [0, 0.1) is 0 Å². The smallest absolute Gasteiger partial charge is 0.0624 e. The van der Waals surface area contributed by atoms with Crippen molar-refractivity contribution < 1.29 is 0 Å². The standard InChI is InChI=1S/C56H39N/c1-5-18-40(19-6-1)44-32-34-49(35-33-44)57(50-38-47(42-22-9-3-10-23-42)37-48(39-50)43-24-11-4-12-25-43)56-54-31-16-14-29-52(54)51-28-13-15-30-53(51)55(56)46-27-17-26-45(36-46)41-20-7-2-8-21-41/h1-39H. The summed E-state index contributed by atoms with van der Waals surface area (Å²) in [5.41, 5.74) is 15.1. The maximum atomic E-state index is 2.51. The highest BCUT2D eigenvalue weighted by molar-refractivity contribution is 6.22. The van der Waals surface area contributed by atoms with Crippen molar-refractivity contribution in [1.29, 1.82) is 0 Å². The fraction of sp³-hybridized carbons (Fsp3) is 0. The van der Waals surface area contributed by atoms with Crippen molar-refractivity contribution in [1.82, 2.24) is 0 Å². The summed E-state index contributed by atoms with van der Waals surface area (Å²) in [6.45, 7) is 0.